The standard InChI is InChI=1S/C12H15N5O2/c13-6-10-11(17(18)19)3-4-12(16-10)15-8-9-2-1-5-14-7-9/h3-4,9,14H,1-2,5,7-8H2,(H,15,16). The Kier molecular flexibility index (Phi) is 4.26. The molecule has 1 aromatic heterocycles. The lowest BCUT2D eigenvalue weighted by atomic mass is 10.00. The quantitative estimate of drug-likeness (QED) is 0.625. The Morgan fingerprint density at radius 1 is 1.63 bits per heavy atom. The van der Waals surface area contributed by atoms with Crippen LogP contribution in [-0.4, -0.2) is 29.5 Å². The molecule has 1 fully saturated rings. The fraction of sp³-hybridized carbons (Fsp3) is 0.500. The van der Waals surface area contributed by atoms with Gasteiger partial charge in [-0.15, -0.1) is 0 Å². The molecular formula is C12H15N5O2. The first-order valence-electron chi connectivity index (χ1n) is 6.21. The Bertz CT molecular complexity index is 505. The minimum atomic E-state index is -0.597. The highest BCUT2D eigenvalue weighted by atomic mass is 16.6. The van der Waals surface area contributed by atoms with E-state index in [1.54, 1.807) is 6.07 Å². The smallest absolute Gasteiger partial charge is 0.305 e. The number of rotatable bonds is 4. The number of nitro groups is 1. The van der Waals surface area contributed by atoms with E-state index in [1.807, 2.05) is 0 Å². The van der Waals surface area contributed by atoms with E-state index in [2.05, 4.69) is 15.6 Å². The molecule has 0 spiro atoms. The van der Waals surface area contributed by atoms with Gasteiger partial charge in [0.2, 0.25) is 5.69 Å². The van der Waals surface area contributed by atoms with Crippen LogP contribution in [0.3, 0.4) is 0 Å². The second kappa shape index (κ2) is 6.11. The van der Waals surface area contributed by atoms with Gasteiger partial charge in [0, 0.05) is 12.6 Å². The van der Waals surface area contributed by atoms with Crippen LogP contribution in [0.5, 0.6) is 0 Å². The maximum absolute atomic E-state index is 10.7. The summed E-state index contributed by atoms with van der Waals surface area (Å²) in [6, 6.07) is 4.60. The van der Waals surface area contributed by atoms with Crippen LogP contribution in [0.4, 0.5) is 11.5 Å². The molecule has 0 amide bonds. The Morgan fingerprint density at radius 2 is 2.47 bits per heavy atom. The maximum Gasteiger partial charge on any atom is 0.305 e. The number of hydrogen-bond donors (Lipinski definition) is 2. The molecule has 1 aliphatic heterocycles. The molecule has 1 saturated heterocycles. The van der Waals surface area contributed by atoms with Crippen molar-refractivity contribution >= 4 is 11.5 Å². The summed E-state index contributed by atoms with van der Waals surface area (Å²) in [7, 11) is 0. The number of nitriles is 1. The molecule has 2 rings (SSSR count). The number of pyridine rings is 1. The van der Waals surface area contributed by atoms with Crippen LogP contribution < -0.4 is 10.6 Å². The fourth-order valence-electron chi connectivity index (χ4n) is 2.13. The summed E-state index contributed by atoms with van der Waals surface area (Å²) in [6.07, 6.45) is 2.31. The van der Waals surface area contributed by atoms with E-state index >= 15 is 0 Å². The second-order valence-electron chi connectivity index (χ2n) is 4.53. The highest BCUT2D eigenvalue weighted by Crippen LogP contribution is 2.18. The summed E-state index contributed by atoms with van der Waals surface area (Å²) in [5.41, 5.74) is -0.413. The van der Waals surface area contributed by atoms with Crippen LogP contribution in [0.1, 0.15) is 18.5 Å². The van der Waals surface area contributed by atoms with E-state index in [1.165, 1.54) is 12.1 Å². The molecule has 7 nitrogen and oxygen atoms in total. The molecular weight excluding hydrogens is 246 g/mol. The van der Waals surface area contributed by atoms with Crippen molar-refractivity contribution in [3.63, 3.8) is 0 Å². The number of nitrogens with zero attached hydrogens (tertiary/aromatic N) is 3. The molecule has 1 aromatic rings. The lowest BCUT2D eigenvalue weighted by Gasteiger charge is -2.23. The van der Waals surface area contributed by atoms with Crippen molar-refractivity contribution in [1.29, 1.82) is 5.26 Å². The predicted octanol–water partition coefficient (Wildman–Crippen LogP) is 1.27. The van der Waals surface area contributed by atoms with Gasteiger partial charge in [-0.2, -0.15) is 5.26 Å². The summed E-state index contributed by atoms with van der Waals surface area (Å²) < 4.78 is 0. The zero-order chi connectivity index (χ0) is 13.7. The van der Waals surface area contributed by atoms with E-state index < -0.39 is 4.92 Å². The monoisotopic (exact) mass is 261 g/mol. The van der Waals surface area contributed by atoms with Gasteiger partial charge in [-0.3, -0.25) is 10.1 Å². The zero-order valence-electron chi connectivity index (χ0n) is 10.4. The first-order chi connectivity index (χ1) is 9.20. The third-order valence-electron chi connectivity index (χ3n) is 3.15. The molecule has 7 heteroatoms. The Balaban J connectivity index is 2.01. The SMILES string of the molecule is N#Cc1nc(NCC2CCCNC2)ccc1[N+](=O)[O-]. The molecule has 0 bridgehead atoms. The third kappa shape index (κ3) is 3.39. The van der Waals surface area contributed by atoms with Crippen molar-refractivity contribution in [3.8, 4) is 6.07 Å². The number of anilines is 1. The average Bonchev–Trinajstić information content (AvgIpc) is 2.45. The maximum atomic E-state index is 10.7. The lowest BCUT2D eigenvalue weighted by molar-refractivity contribution is -0.385. The zero-order valence-corrected chi connectivity index (χ0v) is 10.4. The molecule has 19 heavy (non-hydrogen) atoms. The van der Waals surface area contributed by atoms with Crippen molar-refractivity contribution < 1.29 is 4.92 Å². The van der Waals surface area contributed by atoms with Crippen molar-refractivity contribution in [2.24, 2.45) is 5.92 Å². The lowest BCUT2D eigenvalue weighted by Crippen LogP contribution is -2.33. The number of piperidine rings is 1. The van der Waals surface area contributed by atoms with Crippen LogP contribution in [-0.2, 0) is 0 Å². The molecule has 0 saturated carbocycles. The highest BCUT2D eigenvalue weighted by Gasteiger charge is 2.16. The van der Waals surface area contributed by atoms with Crippen molar-refractivity contribution in [3.05, 3.63) is 27.9 Å². The summed E-state index contributed by atoms with van der Waals surface area (Å²) >= 11 is 0. The molecule has 1 aliphatic rings. The van der Waals surface area contributed by atoms with E-state index in [-0.39, 0.29) is 11.4 Å². The van der Waals surface area contributed by atoms with Gasteiger partial charge in [-0.25, -0.2) is 4.98 Å². The summed E-state index contributed by atoms with van der Waals surface area (Å²) in [4.78, 5) is 14.0. The minimum absolute atomic E-state index is 0.156. The van der Waals surface area contributed by atoms with Crippen LogP contribution >= 0.6 is 0 Å². The van der Waals surface area contributed by atoms with Gasteiger partial charge < -0.3 is 10.6 Å². The van der Waals surface area contributed by atoms with Gasteiger partial charge in [0.15, 0.2) is 0 Å². The van der Waals surface area contributed by atoms with E-state index in [0.29, 0.717) is 11.7 Å². The summed E-state index contributed by atoms with van der Waals surface area (Å²) in [5.74, 6) is 1.03. The first kappa shape index (κ1) is 13.2. The predicted molar refractivity (Wildman–Crippen MR) is 69.7 cm³/mol. The van der Waals surface area contributed by atoms with E-state index in [0.717, 1.165) is 32.5 Å². The molecule has 100 valence electrons. The Labute approximate surface area is 110 Å². The first-order valence-corrected chi connectivity index (χ1v) is 6.21. The van der Waals surface area contributed by atoms with Crippen LogP contribution in [0.2, 0.25) is 0 Å². The average molecular weight is 261 g/mol. The van der Waals surface area contributed by atoms with Crippen molar-refractivity contribution in [1.82, 2.24) is 10.3 Å². The molecule has 1 unspecified atom stereocenters. The Morgan fingerprint density at radius 3 is 3.11 bits per heavy atom. The topological polar surface area (TPSA) is 104 Å². The van der Waals surface area contributed by atoms with E-state index in [9.17, 15) is 10.1 Å². The molecule has 1 atom stereocenters. The summed E-state index contributed by atoms with van der Waals surface area (Å²) in [6.45, 7) is 2.78. The van der Waals surface area contributed by atoms with Gasteiger partial charge >= 0.3 is 5.69 Å². The fourth-order valence-corrected chi connectivity index (χ4v) is 2.13. The number of aromatic nitrogens is 1. The van der Waals surface area contributed by atoms with Gasteiger partial charge in [0.25, 0.3) is 0 Å². The van der Waals surface area contributed by atoms with E-state index in [4.69, 9.17) is 5.26 Å². The van der Waals surface area contributed by atoms with Gasteiger partial charge in [-0.1, -0.05) is 0 Å². The summed E-state index contributed by atoms with van der Waals surface area (Å²) in [5, 5.41) is 26.0. The third-order valence-corrected chi connectivity index (χ3v) is 3.15. The van der Waals surface area contributed by atoms with Gasteiger partial charge in [0.05, 0.1) is 4.92 Å². The molecule has 2 N–H and O–H groups in total. The normalized spacial score (nSPS) is 18.6. The minimum Gasteiger partial charge on any atom is -0.370 e. The second-order valence-corrected chi connectivity index (χ2v) is 4.53. The molecule has 2 heterocycles. The largest absolute Gasteiger partial charge is 0.370 e. The Hall–Kier alpha value is -2.20. The number of nitrogens with one attached hydrogen (secondary N) is 2. The van der Waals surface area contributed by atoms with Gasteiger partial charge in [0.1, 0.15) is 11.9 Å². The molecule has 0 radical (unpaired) electrons. The van der Waals surface area contributed by atoms with Crippen LogP contribution in [0.15, 0.2) is 12.1 Å². The number of hydrogen-bond acceptors (Lipinski definition) is 6. The van der Waals surface area contributed by atoms with Crippen molar-refractivity contribution in [2.75, 3.05) is 25.0 Å². The molecule has 0 aliphatic carbocycles. The molecule has 0 aromatic carbocycles. The van der Waals surface area contributed by atoms with Crippen LogP contribution in [0, 0.1) is 27.4 Å². The van der Waals surface area contributed by atoms with Crippen molar-refractivity contribution in [2.45, 2.75) is 12.8 Å². The van der Waals surface area contributed by atoms with Gasteiger partial charge in [-0.05, 0) is 37.9 Å². The highest BCUT2D eigenvalue weighted by molar-refractivity contribution is 5.50. The van der Waals surface area contributed by atoms with Crippen LogP contribution in [0.25, 0.3) is 0 Å².